The van der Waals surface area contributed by atoms with Crippen molar-refractivity contribution >= 4 is 16.9 Å². The Morgan fingerprint density at radius 1 is 1.50 bits per heavy atom. The number of aromatic amines is 1. The molecule has 2 N–H and O–H groups in total. The minimum absolute atomic E-state index is 0.0775. The average molecular weight is 193 g/mol. The van der Waals surface area contributed by atoms with Crippen molar-refractivity contribution in [2.24, 2.45) is 0 Å². The van der Waals surface area contributed by atoms with Gasteiger partial charge in [0.25, 0.3) is 0 Å². The van der Waals surface area contributed by atoms with Crippen molar-refractivity contribution in [2.75, 3.05) is 0 Å². The maximum absolute atomic E-state index is 13.1. The molecular weight excluding hydrogens is 185 g/mol. The van der Waals surface area contributed by atoms with Crippen LogP contribution in [0.15, 0.2) is 18.2 Å². The zero-order chi connectivity index (χ0) is 10.3. The van der Waals surface area contributed by atoms with Crippen LogP contribution in [0, 0.1) is 12.7 Å². The summed E-state index contributed by atoms with van der Waals surface area (Å²) in [7, 11) is 0. The SMILES string of the molecule is Cc1c(F)ccc2[nH]c(C(=O)O)cc12. The maximum Gasteiger partial charge on any atom is 0.352 e. The molecule has 2 rings (SSSR count). The van der Waals surface area contributed by atoms with Gasteiger partial charge in [-0.2, -0.15) is 0 Å². The van der Waals surface area contributed by atoms with Crippen LogP contribution in [-0.4, -0.2) is 16.1 Å². The van der Waals surface area contributed by atoms with Crippen molar-refractivity contribution < 1.29 is 14.3 Å². The third-order valence-electron chi connectivity index (χ3n) is 2.24. The second-order valence-electron chi connectivity index (χ2n) is 3.12. The lowest BCUT2D eigenvalue weighted by Crippen LogP contribution is -1.94. The summed E-state index contributed by atoms with van der Waals surface area (Å²) in [5.74, 6) is -1.37. The van der Waals surface area contributed by atoms with Gasteiger partial charge in [-0.3, -0.25) is 0 Å². The lowest BCUT2D eigenvalue weighted by Gasteiger charge is -1.96. The van der Waals surface area contributed by atoms with Gasteiger partial charge in [0.2, 0.25) is 0 Å². The van der Waals surface area contributed by atoms with Gasteiger partial charge in [0, 0.05) is 10.9 Å². The van der Waals surface area contributed by atoms with Crippen LogP contribution >= 0.6 is 0 Å². The number of nitrogens with one attached hydrogen (secondary N) is 1. The first-order valence-corrected chi connectivity index (χ1v) is 4.10. The lowest BCUT2D eigenvalue weighted by molar-refractivity contribution is 0.0691. The number of hydrogen-bond acceptors (Lipinski definition) is 1. The second kappa shape index (κ2) is 2.83. The van der Waals surface area contributed by atoms with E-state index in [1.165, 1.54) is 18.2 Å². The fourth-order valence-electron chi connectivity index (χ4n) is 1.44. The van der Waals surface area contributed by atoms with Crippen molar-refractivity contribution in [2.45, 2.75) is 6.92 Å². The van der Waals surface area contributed by atoms with Gasteiger partial charge in [0.15, 0.2) is 0 Å². The normalized spacial score (nSPS) is 10.7. The summed E-state index contributed by atoms with van der Waals surface area (Å²) >= 11 is 0. The van der Waals surface area contributed by atoms with Crippen molar-refractivity contribution in [1.82, 2.24) is 4.98 Å². The molecule has 0 atom stereocenters. The minimum atomic E-state index is -1.04. The zero-order valence-electron chi connectivity index (χ0n) is 7.47. The quantitative estimate of drug-likeness (QED) is 0.730. The highest BCUT2D eigenvalue weighted by atomic mass is 19.1. The van der Waals surface area contributed by atoms with E-state index in [9.17, 15) is 9.18 Å². The first-order valence-electron chi connectivity index (χ1n) is 4.10. The number of H-pyrrole nitrogens is 1. The van der Waals surface area contributed by atoms with E-state index in [0.29, 0.717) is 16.5 Å². The van der Waals surface area contributed by atoms with Crippen LogP contribution in [-0.2, 0) is 0 Å². The standard InChI is InChI=1S/C10H8FNO2/c1-5-6-4-9(10(13)14)12-8(6)3-2-7(5)11/h2-4,12H,1H3,(H,13,14). The molecule has 0 saturated carbocycles. The maximum atomic E-state index is 13.1. The van der Waals surface area contributed by atoms with Gasteiger partial charge in [0.05, 0.1) is 0 Å². The van der Waals surface area contributed by atoms with Crippen LogP contribution in [0.1, 0.15) is 16.1 Å². The Balaban J connectivity index is 2.77. The fourth-order valence-corrected chi connectivity index (χ4v) is 1.44. The van der Waals surface area contributed by atoms with E-state index >= 15 is 0 Å². The molecular formula is C10H8FNO2. The Labute approximate surface area is 79.2 Å². The molecule has 0 spiro atoms. The van der Waals surface area contributed by atoms with E-state index in [0.717, 1.165) is 0 Å². The predicted molar refractivity (Wildman–Crippen MR) is 50.0 cm³/mol. The Hall–Kier alpha value is -1.84. The number of halogens is 1. The predicted octanol–water partition coefficient (Wildman–Crippen LogP) is 2.31. The van der Waals surface area contributed by atoms with Gasteiger partial charge >= 0.3 is 5.97 Å². The van der Waals surface area contributed by atoms with Gasteiger partial charge in [0.1, 0.15) is 11.5 Å². The van der Waals surface area contributed by atoms with Gasteiger partial charge in [-0.05, 0) is 30.7 Å². The summed E-state index contributed by atoms with van der Waals surface area (Å²) < 4.78 is 13.1. The number of benzene rings is 1. The molecule has 4 heteroatoms. The lowest BCUT2D eigenvalue weighted by atomic mass is 10.1. The van der Waals surface area contributed by atoms with E-state index in [1.54, 1.807) is 6.92 Å². The summed E-state index contributed by atoms with van der Waals surface area (Å²) in [6.45, 7) is 1.62. The summed E-state index contributed by atoms with van der Waals surface area (Å²) in [4.78, 5) is 13.3. The average Bonchev–Trinajstić information content (AvgIpc) is 2.56. The topological polar surface area (TPSA) is 53.1 Å². The number of aryl methyl sites for hydroxylation is 1. The van der Waals surface area contributed by atoms with E-state index in [2.05, 4.69) is 4.98 Å². The smallest absolute Gasteiger partial charge is 0.352 e. The molecule has 1 aromatic carbocycles. The summed E-state index contributed by atoms with van der Waals surface area (Å²) in [5, 5.41) is 9.33. The van der Waals surface area contributed by atoms with Crippen LogP contribution in [0.3, 0.4) is 0 Å². The Kier molecular flexibility index (Phi) is 1.77. The highest BCUT2D eigenvalue weighted by Gasteiger charge is 2.10. The van der Waals surface area contributed by atoms with Crippen LogP contribution in [0.4, 0.5) is 4.39 Å². The Bertz CT molecular complexity index is 516. The Morgan fingerprint density at radius 3 is 2.86 bits per heavy atom. The van der Waals surface area contributed by atoms with Gasteiger partial charge in [-0.25, -0.2) is 9.18 Å². The first kappa shape index (κ1) is 8.74. The molecule has 72 valence electrons. The molecule has 14 heavy (non-hydrogen) atoms. The molecule has 0 aliphatic heterocycles. The highest BCUT2D eigenvalue weighted by Crippen LogP contribution is 2.21. The minimum Gasteiger partial charge on any atom is -0.477 e. The number of aromatic nitrogens is 1. The molecule has 0 amide bonds. The van der Waals surface area contributed by atoms with Crippen LogP contribution in [0.5, 0.6) is 0 Å². The van der Waals surface area contributed by atoms with Gasteiger partial charge in [-0.15, -0.1) is 0 Å². The van der Waals surface area contributed by atoms with Crippen LogP contribution < -0.4 is 0 Å². The molecule has 0 radical (unpaired) electrons. The number of aromatic carboxylic acids is 1. The van der Waals surface area contributed by atoms with Crippen molar-refractivity contribution in [1.29, 1.82) is 0 Å². The molecule has 1 aromatic heterocycles. The van der Waals surface area contributed by atoms with Crippen molar-refractivity contribution in [3.05, 3.63) is 35.3 Å². The van der Waals surface area contributed by atoms with E-state index in [1.807, 2.05) is 0 Å². The molecule has 0 bridgehead atoms. The molecule has 1 heterocycles. The number of carboxylic acids is 1. The third-order valence-corrected chi connectivity index (χ3v) is 2.24. The number of fused-ring (bicyclic) bond motifs is 1. The molecule has 0 aliphatic rings. The van der Waals surface area contributed by atoms with E-state index in [4.69, 9.17) is 5.11 Å². The monoisotopic (exact) mass is 193 g/mol. The largest absolute Gasteiger partial charge is 0.477 e. The molecule has 2 aromatic rings. The zero-order valence-corrected chi connectivity index (χ0v) is 7.47. The summed E-state index contributed by atoms with van der Waals surface area (Å²) in [5.41, 5.74) is 1.18. The van der Waals surface area contributed by atoms with Crippen LogP contribution in [0.2, 0.25) is 0 Å². The number of carbonyl (C=O) groups is 1. The van der Waals surface area contributed by atoms with E-state index in [-0.39, 0.29) is 11.5 Å². The number of hydrogen-bond donors (Lipinski definition) is 2. The molecule has 0 unspecified atom stereocenters. The molecule has 0 saturated heterocycles. The van der Waals surface area contributed by atoms with E-state index < -0.39 is 5.97 Å². The van der Waals surface area contributed by atoms with Crippen LogP contribution in [0.25, 0.3) is 10.9 Å². The summed E-state index contributed by atoms with van der Waals surface area (Å²) in [6.07, 6.45) is 0. The molecule has 0 fully saturated rings. The molecule has 3 nitrogen and oxygen atoms in total. The third kappa shape index (κ3) is 1.16. The Morgan fingerprint density at radius 2 is 2.21 bits per heavy atom. The second-order valence-corrected chi connectivity index (χ2v) is 3.12. The highest BCUT2D eigenvalue weighted by molar-refractivity contribution is 5.94. The van der Waals surface area contributed by atoms with Gasteiger partial charge < -0.3 is 10.1 Å². The van der Waals surface area contributed by atoms with Gasteiger partial charge in [-0.1, -0.05) is 0 Å². The summed E-state index contributed by atoms with van der Waals surface area (Å²) in [6, 6.07) is 4.29. The number of rotatable bonds is 1. The fraction of sp³-hybridized carbons (Fsp3) is 0.100. The van der Waals surface area contributed by atoms with Crippen molar-refractivity contribution in [3.63, 3.8) is 0 Å². The van der Waals surface area contributed by atoms with Crippen molar-refractivity contribution in [3.8, 4) is 0 Å². The number of carboxylic acid groups (broad SMARTS) is 1. The molecule has 0 aliphatic carbocycles. The first-order chi connectivity index (χ1) is 6.59.